The van der Waals surface area contributed by atoms with Gasteiger partial charge in [-0.3, -0.25) is 23.7 Å². The largest absolute Gasteiger partial charge is 0.370 e. The van der Waals surface area contributed by atoms with Gasteiger partial charge in [0.1, 0.15) is 40.2 Å². The first-order valence-electron chi connectivity index (χ1n) is 15.2. The van der Waals surface area contributed by atoms with Crippen LogP contribution in [0.5, 0.6) is 0 Å². The maximum Gasteiger partial charge on any atom is 0.248 e. The number of hydrogen-bond donors (Lipinski definition) is 1. The van der Waals surface area contributed by atoms with E-state index in [1.54, 1.807) is 28.0 Å². The molecule has 6 heterocycles. The molecule has 0 aliphatic carbocycles. The third-order valence-electron chi connectivity index (χ3n) is 8.76. The second kappa shape index (κ2) is 12.4. The average Bonchev–Trinajstić information content (AvgIpc) is 3.74. The van der Waals surface area contributed by atoms with Crippen molar-refractivity contribution in [2.45, 2.75) is 65.6 Å². The fraction of sp³-hybridized carbons (Fsp3) is 0.344. The Hall–Kier alpha value is -4.89. The number of likely N-dealkylation sites (tertiary alicyclic amines) is 1. The van der Waals surface area contributed by atoms with Crippen molar-refractivity contribution in [1.82, 2.24) is 44.6 Å². The van der Waals surface area contributed by atoms with Crippen LogP contribution in [0, 0.1) is 12.8 Å². The summed E-state index contributed by atoms with van der Waals surface area (Å²) in [5, 5.41) is 16.7. The maximum atomic E-state index is 14.2. The summed E-state index contributed by atoms with van der Waals surface area (Å²) < 4.78 is 9.68. The number of hydrogen-bond acceptors (Lipinski definition) is 10. The molecule has 240 valence electrons. The fourth-order valence-electron chi connectivity index (χ4n) is 6.35. The van der Waals surface area contributed by atoms with Crippen LogP contribution in [0.3, 0.4) is 0 Å². The average molecular weight is 700 g/mol. The fourth-order valence-corrected chi connectivity index (χ4v) is 6.66. The Kier molecular flexibility index (Phi) is 8.09. The van der Waals surface area contributed by atoms with Gasteiger partial charge in [0, 0.05) is 54.3 Å². The van der Waals surface area contributed by atoms with E-state index in [-0.39, 0.29) is 55.0 Å². The summed E-state index contributed by atoms with van der Waals surface area (Å²) in [5.74, 6) is 0.0388. The highest BCUT2D eigenvalue weighted by Crippen LogP contribution is 2.34. The molecule has 1 fully saturated rings. The molecule has 2 aliphatic heterocycles. The van der Waals surface area contributed by atoms with Gasteiger partial charge in [-0.15, -0.1) is 5.10 Å². The lowest BCUT2D eigenvalue weighted by molar-refractivity contribution is -0.139. The van der Waals surface area contributed by atoms with E-state index in [0.717, 1.165) is 11.1 Å². The molecule has 15 heteroatoms. The number of Topliss-reactive ketones (excluding diaryl/α,β-unsaturated/α-hetero) is 1. The molecule has 4 bridgehead atoms. The van der Waals surface area contributed by atoms with E-state index in [2.05, 4.69) is 51.6 Å². The molecule has 1 aromatic carbocycles. The first-order valence-corrected chi connectivity index (χ1v) is 16.0. The predicted octanol–water partition coefficient (Wildman–Crippen LogP) is 3.73. The number of aryl methyl sites for hydroxylation is 1. The number of benzene rings is 1. The minimum atomic E-state index is -0.787. The summed E-state index contributed by atoms with van der Waals surface area (Å²) in [5.41, 5.74) is 3.87. The van der Waals surface area contributed by atoms with Crippen molar-refractivity contribution in [3.8, 4) is 11.1 Å². The molecule has 47 heavy (non-hydrogen) atoms. The first kappa shape index (κ1) is 30.7. The summed E-state index contributed by atoms with van der Waals surface area (Å²) in [6, 6.07) is 8.09. The van der Waals surface area contributed by atoms with E-state index in [0.29, 0.717) is 51.4 Å². The molecule has 4 aromatic heterocycles. The van der Waals surface area contributed by atoms with Crippen LogP contribution in [0.25, 0.3) is 22.0 Å². The monoisotopic (exact) mass is 698 g/mol. The minimum absolute atomic E-state index is 0.0931. The molecule has 0 radical (unpaired) electrons. The van der Waals surface area contributed by atoms with Gasteiger partial charge in [0.25, 0.3) is 0 Å². The van der Waals surface area contributed by atoms with Gasteiger partial charge in [-0.2, -0.15) is 5.10 Å². The number of pyridine rings is 1. The van der Waals surface area contributed by atoms with Gasteiger partial charge in [-0.1, -0.05) is 17.3 Å². The first-order chi connectivity index (χ1) is 22.6. The Labute approximate surface area is 277 Å². The number of ether oxygens (including phenoxy) is 1. The van der Waals surface area contributed by atoms with Crippen molar-refractivity contribution >= 4 is 50.2 Å². The van der Waals surface area contributed by atoms with Gasteiger partial charge < -0.3 is 15.0 Å². The van der Waals surface area contributed by atoms with E-state index in [4.69, 9.17) is 4.74 Å². The van der Waals surface area contributed by atoms with E-state index < -0.39 is 6.04 Å². The molecule has 3 atom stereocenters. The van der Waals surface area contributed by atoms with Crippen LogP contribution in [0.4, 0.5) is 5.82 Å². The highest BCUT2D eigenvalue weighted by Gasteiger charge is 2.45. The number of ketones is 1. The Balaban J connectivity index is 1.23. The van der Waals surface area contributed by atoms with Gasteiger partial charge in [-0.25, -0.2) is 15.0 Å². The van der Waals surface area contributed by atoms with Crippen LogP contribution in [-0.2, 0) is 40.6 Å². The zero-order chi connectivity index (χ0) is 32.8. The number of nitrogens with one attached hydrogen (secondary N) is 1. The van der Waals surface area contributed by atoms with E-state index >= 15 is 0 Å². The Morgan fingerprint density at radius 3 is 2.70 bits per heavy atom. The number of carbonyl (C=O) groups is 3. The number of halogens is 1. The van der Waals surface area contributed by atoms with E-state index in [1.807, 2.05) is 44.3 Å². The maximum absolute atomic E-state index is 14.2. The highest BCUT2D eigenvalue weighted by atomic mass is 79.9. The van der Waals surface area contributed by atoms with Crippen LogP contribution in [0.1, 0.15) is 47.8 Å². The third-order valence-corrected chi connectivity index (χ3v) is 9.20. The summed E-state index contributed by atoms with van der Waals surface area (Å²) >= 11 is 3.39. The molecule has 2 aliphatic rings. The molecule has 14 nitrogen and oxygen atoms in total. The number of aromatic nitrogens is 8. The molecule has 7 rings (SSSR count). The molecule has 0 spiro atoms. The summed E-state index contributed by atoms with van der Waals surface area (Å²) in [4.78, 5) is 55.6. The van der Waals surface area contributed by atoms with Gasteiger partial charge in [0.05, 0.1) is 24.9 Å². The summed E-state index contributed by atoms with van der Waals surface area (Å²) in [6.07, 6.45) is 5.69. The highest BCUT2D eigenvalue weighted by molar-refractivity contribution is 9.10. The van der Waals surface area contributed by atoms with Crippen molar-refractivity contribution in [1.29, 1.82) is 0 Å². The molecule has 0 saturated carbocycles. The molecule has 0 unspecified atom stereocenters. The number of amides is 2. The quantitative estimate of drug-likeness (QED) is 0.216. The number of fused-ring (bicyclic) bond motifs is 6. The van der Waals surface area contributed by atoms with Gasteiger partial charge in [0.15, 0.2) is 5.78 Å². The Morgan fingerprint density at radius 1 is 1.11 bits per heavy atom. The number of carbonyl (C=O) groups excluding carboxylic acids is 3. The Morgan fingerprint density at radius 2 is 1.91 bits per heavy atom. The van der Waals surface area contributed by atoms with Crippen molar-refractivity contribution < 1.29 is 19.1 Å². The summed E-state index contributed by atoms with van der Waals surface area (Å²) in [6.45, 7) is 5.94. The lowest BCUT2D eigenvalue weighted by atomic mass is 10.00. The van der Waals surface area contributed by atoms with Crippen molar-refractivity contribution in [2.75, 3.05) is 5.32 Å². The number of rotatable bonds is 4. The second-order valence-corrected chi connectivity index (χ2v) is 12.7. The molecule has 5 aromatic rings. The number of anilines is 1. The van der Waals surface area contributed by atoms with E-state index in [9.17, 15) is 14.4 Å². The van der Waals surface area contributed by atoms with E-state index in [1.165, 1.54) is 11.6 Å². The standard InChI is InChI=1S/C32H31BrN10O4/c1-17-22-9-27(32(46)37-31-21(5-7-28(33)36-31)15-47-16-24-13-41(12-22)40-38-24)43(17)29(45)14-42-26-6-4-20(23-10-34-19(3)35-11-23)8-25(26)30(39-42)18(2)44/h4-8,10-11,13,17,22,27H,9,12,14-16H2,1-3H3,(H,36,37,46)/t17-,22-,27+/m1/s1. The topological polar surface area (TPSA) is 163 Å². The zero-order valence-corrected chi connectivity index (χ0v) is 27.5. The van der Waals surface area contributed by atoms with Crippen LogP contribution < -0.4 is 5.32 Å². The van der Waals surface area contributed by atoms with Crippen molar-refractivity contribution in [3.05, 3.63) is 76.3 Å². The van der Waals surface area contributed by atoms with Crippen molar-refractivity contribution in [2.24, 2.45) is 5.92 Å². The minimum Gasteiger partial charge on any atom is -0.370 e. The molecular weight excluding hydrogens is 668 g/mol. The molecule has 2 amide bonds. The normalized spacial score (nSPS) is 19.7. The predicted molar refractivity (Wildman–Crippen MR) is 173 cm³/mol. The van der Waals surface area contributed by atoms with Crippen LogP contribution in [0.15, 0.2) is 53.5 Å². The molecule has 1 N–H and O–H groups in total. The zero-order valence-electron chi connectivity index (χ0n) is 25.9. The third kappa shape index (κ3) is 6.03. The van der Waals surface area contributed by atoms with Crippen molar-refractivity contribution in [3.63, 3.8) is 0 Å². The van der Waals surface area contributed by atoms with Crippen LogP contribution in [-0.4, -0.2) is 74.3 Å². The van der Waals surface area contributed by atoms with Gasteiger partial charge in [0.2, 0.25) is 11.8 Å². The lowest BCUT2D eigenvalue weighted by Gasteiger charge is -2.29. The SMILES string of the molecule is CC(=O)c1nn(CC(=O)N2[C@H](C)[C@@H]3C[C@H]2C(=O)Nc2nc(Br)ccc2COCc2cn(nn2)C3)c2ccc(-c3cnc(C)nc3)cc12. The second-order valence-electron chi connectivity index (χ2n) is 11.9. The smallest absolute Gasteiger partial charge is 0.248 e. The van der Waals surface area contributed by atoms with Gasteiger partial charge >= 0.3 is 0 Å². The lowest BCUT2D eigenvalue weighted by Crippen LogP contribution is -2.48. The van der Waals surface area contributed by atoms with Crippen LogP contribution >= 0.6 is 15.9 Å². The van der Waals surface area contributed by atoms with Gasteiger partial charge in [-0.05, 0) is 60.0 Å². The number of nitrogens with zero attached hydrogens (tertiary/aromatic N) is 9. The van der Waals surface area contributed by atoms with Crippen LogP contribution in [0.2, 0.25) is 0 Å². The summed E-state index contributed by atoms with van der Waals surface area (Å²) in [7, 11) is 0. The Bertz CT molecular complexity index is 2020. The molecule has 1 saturated heterocycles. The molecular formula is C32H31BrN10O4.